The molecule has 3 aromatic rings. The Morgan fingerprint density at radius 3 is 2.71 bits per heavy atom. The Hall–Kier alpha value is -2.11. The summed E-state index contributed by atoms with van der Waals surface area (Å²) < 4.78 is 0. The summed E-state index contributed by atoms with van der Waals surface area (Å²) >= 11 is 7.56. The number of aromatic hydroxyl groups is 1. The molecule has 2 heterocycles. The topological polar surface area (TPSA) is 72.0 Å². The van der Waals surface area contributed by atoms with Gasteiger partial charge in [-0.2, -0.15) is 0 Å². The van der Waals surface area contributed by atoms with Gasteiger partial charge >= 0.3 is 0 Å². The van der Waals surface area contributed by atoms with Crippen LogP contribution in [0, 0.1) is 6.92 Å². The Morgan fingerprint density at radius 2 is 2.05 bits per heavy atom. The highest BCUT2D eigenvalue weighted by atomic mass is 35.5. The quantitative estimate of drug-likeness (QED) is 0.745. The van der Waals surface area contributed by atoms with Crippen LogP contribution in [0.1, 0.15) is 5.56 Å². The normalized spacial score (nSPS) is 10.8. The summed E-state index contributed by atoms with van der Waals surface area (Å²) in [5.74, 6) is 0.405. The molecule has 0 aliphatic rings. The third-order valence-corrected chi connectivity index (χ3v) is 4.33. The average Bonchev–Trinajstić information content (AvgIpc) is 2.88. The van der Waals surface area contributed by atoms with Crippen molar-refractivity contribution in [2.75, 3.05) is 5.73 Å². The van der Waals surface area contributed by atoms with E-state index in [-0.39, 0.29) is 10.8 Å². The van der Waals surface area contributed by atoms with E-state index < -0.39 is 0 Å². The molecule has 0 radical (unpaired) electrons. The summed E-state index contributed by atoms with van der Waals surface area (Å²) in [6.45, 7) is 2.02. The summed E-state index contributed by atoms with van der Waals surface area (Å²) in [5, 5.41) is 11.9. The van der Waals surface area contributed by atoms with E-state index >= 15 is 0 Å². The van der Waals surface area contributed by atoms with Crippen LogP contribution < -0.4 is 5.73 Å². The number of phenols is 1. The van der Waals surface area contributed by atoms with Gasteiger partial charge in [0, 0.05) is 5.56 Å². The van der Waals surface area contributed by atoms with Crippen LogP contribution in [0.3, 0.4) is 0 Å². The standard InChI is InChI=1S/C15H12ClN3OS/c1-8-4-12(21-7-8)15-14(18-6-13(17)19-15)9-2-3-11(20)10(16)5-9/h2-7,20H,1H3,(H2,17,19). The number of aromatic nitrogens is 2. The molecule has 0 saturated carbocycles. The second-order valence-corrected chi connectivity index (χ2v) is 5.97. The molecule has 0 amide bonds. The van der Waals surface area contributed by atoms with Gasteiger partial charge in [0.05, 0.1) is 21.8 Å². The monoisotopic (exact) mass is 317 g/mol. The van der Waals surface area contributed by atoms with E-state index in [1.54, 1.807) is 29.5 Å². The number of nitrogens with two attached hydrogens (primary N) is 1. The number of halogens is 1. The number of phenolic OH excluding ortho intramolecular Hbond substituents is 1. The smallest absolute Gasteiger partial charge is 0.142 e. The van der Waals surface area contributed by atoms with Crippen LogP contribution in [0.5, 0.6) is 5.75 Å². The molecular weight excluding hydrogens is 306 g/mol. The van der Waals surface area contributed by atoms with Gasteiger partial charge in [0.25, 0.3) is 0 Å². The molecule has 0 unspecified atom stereocenters. The van der Waals surface area contributed by atoms with Crippen molar-refractivity contribution >= 4 is 28.8 Å². The molecule has 0 saturated heterocycles. The van der Waals surface area contributed by atoms with Crippen LogP contribution in [0.15, 0.2) is 35.8 Å². The van der Waals surface area contributed by atoms with Gasteiger partial charge < -0.3 is 10.8 Å². The lowest BCUT2D eigenvalue weighted by molar-refractivity contribution is 0.475. The molecule has 106 valence electrons. The van der Waals surface area contributed by atoms with Crippen LogP contribution in [-0.4, -0.2) is 15.1 Å². The van der Waals surface area contributed by atoms with Gasteiger partial charge in [0.15, 0.2) is 0 Å². The number of aryl methyl sites for hydroxylation is 1. The van der Waals surface area contributed by atoms with Crippen LogP contribution in [-0.2, 0) is 0 Å². The third kappa shape index (κ3) is 2.70. The van der Waals surface area contributed by atoms with Crippen molar-refractivity contribution in [1.82, 2.24) is 9.97 Å². The molecule has 0 aliphatic heterocycles. The first-order chi connectivity index (χ1) is 10.0. The number of hydrogen-bond donors (Lipinski definition) is 2. The van der Waals surface area contributed by atoms with Crippen molar-refractivity contribution in [1.29, 1.82) is 0 Å². The van der Waals surface area contributed by atoms with E-state index in [0.29, 0.717) is 11.5 Å². The lowest BCUT2D eigenvalue weighted by Gasteiger charge is -2.08. The Kier molecular flexibility index (Phi) is 3.53. The van der Waals surface area contributed by atoms with Crippen molar-refractivity contribution in [3.8, 4) is 27.6 Å². The molecule has 21 heavy (non-hydrogen) atoms. The van der Waals surface area contributed by atoms with Gasteiger partial charge in [-0.05, 0) is 42.1 Å². The number of benzene rings is 1. The van der Waals surface area contributed by atoms with Crippen molar-refractivity contribution < 1.29 is 5.11 Å². The summed E-state index contributed by atoms with van der Waals surface area (Å²) in [4.78, 5) is 9.78. The predicted octanol–water partition coefficient (Wildman–Crippen LogP) is 4.12. The fourth-order valence-electron chi connectivity index (χ4n) is 2.00. The number of thiophene rings is 1. The Bertz CT molecular complexity index is 816. The van der Waals surface area contributed by atoms with E-state index in [0.717, 1.165) is 21.7 Å². The predicted molar refractivity (Wildman–Crippen MR) is 86.6 cm³/mol. The molecule has 0 spiro atoms. The SMILES string of the molecule is Cc1csc(-c2nc(N)cnc2-c2ccc(O)c(Cl)c2)c1. The number of anilines is 1. The minimum absolute atomic E-state index is 0.0392. The lowest BCUT2D eigenvalue weighted by Crippen LogP contribution is -1.97. The molecule has 3 N–H and O–H groups in total. The van der Waals surface area contributed by atoms with E-state index in [2.05, 4.69) is 9.97 Å². The molecule has 6 heteroatoms. The van der Waals surface area contributed by atoms with Crippen molar-refractivity contribution in [2.24, 2.45) is 0 Å². The number of hydrogen-bond acceptors (Lipinski definition) is 5. The molecule has 4 nitrogen and oxygen atoms in total. The van der Waals surface area contributed by atoms with Crippen molar-refractivity contribution in [3.05, 3.63) is 46.4 Å². The van der Waals surface area contributed by atoms with Crippen LogP contribution in [0.4, 0.5) is 5.82 Å². The summed E-state index contributed by atoms with van der Waals surface area (Å²) in [6.07, 6.45) is 1.51. The maximum absolute atomic E-state index is 9.54. The second-order valence-electron chi connectivity index (χ2n) is 4.65. The Morgan fingerprint density at radius 1 is 1.24 bits per heavy atom. The van der Waals surface area contributed by atoms with Gasteiger partial charge in [-0.1, -0.05) is 11.6 Å². The second kappa shape index (κ2) is 5.35. The fourth-order valence-corrected chi connectivity index (χ4v) is 3.06. The molecule has 3 rings (SSSR count). The van der Waals surface area contributed by atoms with E-state index in [9.17, 15) is 5.11 Å². The van der Waals surface area contributed by atoms with Crippen molar-refractivity contribution in [3.63, 3.8) is 0 Å². The molecule has 2 aromatic heterocycles. The fraction of sp³-hybridized carbons (Fsp3) is 0.0667. The summed E-state index contributed by atoms with van der Waals surface area (Å²) in [6, 6.07) is 7.01. The number of rotatable bonds is 2. The van der Waals surface area contributed by atoms with Crippen LogP contribution in [0.2, 0.25) is 5.02 Å². The number of nitrogen functional groups attached to an aromatic ring is 1. The third-order valence-electron chi connectivity index (χ3n) is 2.98. The largest absolute Gasteiger partial charge is 0.506 e. The molecule has 0 atom stereocenters. The Balaban J connectivity index is 2.20. The van der Waals surface area contributed by atoms with E-state index in [4.69, 9.17) is 17.3 Å². The summed E-state index contributed by atoms with van der Waals surface area (Å²) in [7, 11) is 0. The first-order valence-corrected chi connectivity index (χ1v) is 7.47. The maximum Gasteiger partial charge on any atom is 0.142 e. The summed E-state index contributed by atoms with van der Waals surface area (Å²) in [5.41, 5.74) is 9.12. The van der Waals surface area contributed by atoms with Crippen molar-refractivity contribution in [2.45, 2.75) is 6.92 Å². The first kappa shape index (κ1) is 13.9. The van der Waals surface area contributed by atoms with Crippen LogP contribution >= 0.6 is 22.9 Å². The van der Waals surface area contributed by atoms with Gasteiger partial charge in [-0.3, -0.25) is 4.98 Å². The highest BCUT2D eigenvalue weighted by Gasteiger charge is 2.14. The molecular formula is C15H12ClN3OS. The van der Waals surface area contributed by atoms with E-state index in [1.807, 2.05) is 18.4 Å². The lowest BCUT2D eigenvalue weighted by atomic mass is 10.1. The minimum atomic E-state index is 0.0392. The first-order valence-electron chi connectivity index (χ1n) is 6.21. The highest BCUT2D eigenvalue weighted by molar-refractivity contribution is 7.13. The Labute approximate surface area is 130 Å². The molecule has 0 bridgehead atoms. The van der Waals surface area contributed by atoms with Gasteiger partial charge in [-0.25, -0.2) is 4.98 Å². The average molecular weight is 318 g/mol. The van der Waals surface area contributed by atoms with Gasteiger partial charge in [0.1, 0.15) is 17.3 Å². The highest BCUT2D eigenvalue weighted by Crippen LogP contribution is 2.35. The molecule has 1 aromatic carbocycles. The maximum atomic E-state index is 9.54. The number of nitrogens with zero attached hydrogens (tertiary/aromatic N) is 2. The molecule has 0 fully saturated rings. The van der Waals surface area contributed by atoms with Gasteiger partial charge in [-0.15, -0.1) is 11.3 Å². The van der Waals surface area contributed by atoms with Crippen LogP contribution in [0.25, 0.3) is 21.8 Å². The molecule has 0 aliphatic carbocycles. The zero-order valence-corrected chi connectivity index (χ0v) is 12.7. The van der Waals surface area contributed by atoms with Gasteiger partial charge in [0.2, 0.25) is 0 Å². The zero-order valence-electron chi connectivity index (χ0n) is 11.2. The van der Waals surface area contributed by atoms with E-state index in [1.165, 1.54) is 6.20 Å². The minimum Gasteiger partial charge on any atom is -0.506 e. The zero-order chi connectivity index (χ0) is 15.0.